The smallest absolute Gasteiger partial charge is 0.167 e. The molecule has 0 heterocycles. The standard InChI is InChI=1S/C16H17NO/c1-12-6-8-13(9-7-12)16(18)10-14-4-2-3-5-15(14)11-17/h2-9H,10-11,17H2,1H3. The van der Waals surface area contributed by atoms with Gasteiger partial charge in [0.05, 0.1) is 0 Å². The highest BCUT2D eigenvalue weighted by atomic mass is 16.1. The second-order valence-electron chi connectivity index (χ2n) is 4.44. The molecule has 0 unspecified atom stereocenters. The average molecular weight is 239 g/mol. The molecule has 0 atom stereocenters. The van der Waals surface area contributed by atoms with Gasteiger partial charge in [0.15, 0.2) is 5.78 Å². The van der Waals surface area contributed by atoms with E-state index in [9.17, 15) is 4.79 Å². The summed E-state index contributed by atoms with van der Waals surface area (Å²) in [6.45, 7) is 2.48. The van der Waals surface area contributed by atoms with Gasteiger partial charge in [-0.3, -0.25) is 4.79 Å². The van der Waals surface area contributed by atoms with Crippen molar-refractivity contribution < 1.29 is 4.79 Å². The zero-order valence-corrected chi connectivity index (χ0v) is 10.5. The maximum Gasteiger partial charge on any atom is 0.167 e. The lowest BCUT2D eigenvalue weighted by Crippen LogP contribution is -2.08. The molecule has 0 aliphatic heterocycles. The normalized spacial score (nSPS) is 10.3. The Morgan fingerprint density at radius 2 is 1.61 bits per heavy atom. The number of Topliss-reactive ketones (excluding diaryl/α,β-unsaturated/α-hetero) is 1. The Labute approximate surface area is 107 Å². The molecule has 2 N–H and O–H groups in total. The fourth-order valence-corrected chi connectivity index (χ4v) is 1.94. The summed E-state index contributed by atoms with van der Waals surface area (Å²) in [5, 5.41) is 0. The van der Waals surface area contributed by atoms with Gasteiger partial charge in [0, 0.05) is 18.5 Å². The van der Waals surface area contributed by atoms with Crippen LogP contribution in [0.4, 0.5) is 0 Å². The number of ketones is 1. The third-order valence-corrected chi connectivity index (χ3v) is 3.06. The van der Waals surface area contributed by atoms with E-state index in [0.717, 1.165) is 22.3 Å². The fourth-order valence-electron chi connectivity index (χ4n) is 1.94. The van der Waals surface area contributed by atoms with Crippen LogP contribution in [-0.4, -0.2) is 5.78 Å². The summed E-state index contributed by atoms with van der Waals surface area (Å²) in [7, 11) is 0. The lowest BCUT2D eigenvalue weighted by molar-refractivity contribution is 0.0992. The molecule has 0 aromatic heterocycles. The Kier molecular flexibility index (Phi) is 3.90. The van der Waals surface area contributed by atoms with Crippen molar-refractivity contribution >= 4 is 5.78 Å². The van der Waals surface area contributed by atoms with Crippen LogP contribution in [0.1, 0.15) is 27.0 Å². The highest BCUT2D eigenvalue weighted by Gasteiger charge is 2.09. The van der Waals surface area contributed by atoms with Crippen molar-refractivity contribution in [1.82, 2.24) is 0 Å². The molecule has 2 rings (SSSR count). The number of benzene rings is 2. The van der Waals surface area contributed by atoms with E-state index in [-0.39, 0.29) is 5.78 Å². The first-order valence-corrected chi connectivity index (χ1v) is 6.07. The minimum atomic E-state index is 0.135. The van der Waals surface area contributed by atoms with E-state index >= 15 is 0 Å². The van der Waals surface area contributed by atoms with Crippen molar-refractivity contribution in [2.75, 3.05) is 0 Å². The highest BCUT2D eigenvalue weighted by Crippen LogP contribution is 2.13. The van der Waals surface area contributed by atoms with Gasteiger partial charge in [-0.15, -0.1) is 0 Å². The van der Waals surface area contributed by atoms with Gasteiger partial charge >= 0.3 is 0 Å². The SMILES string of the molecule is Cc1ccc(C(=O)Cc2ccccc2CN)cc1. The first-order valence-electron chi connectivity index (χ1n) is 6.07. The van der Waals surface area contributed by atoms with Crippen molar-refractivity contribution in [3.05, 3.63) is 70.8 Å². The number of carbonyl (C=O) groups excluding carboxylic acids is 1. The molecule has 0 fully saturated rings. The lowest BCUT2D eigenvalue weighted by atomic mass is 9.98. The van der Waals surface area contributed by atoms with Crippen molar-refractivity contribution in [3.8, 4) is 0 Å². The van der Waals surface area contributed by atoms with E-state index in [1.165, 1.54) is 0 Å². The second-order valence-corrected chi connectivity index (χ2v) is 4.44. The van der Waals surface area contributed by atoms with Crippen LogP contribution in [0.2, 0.25) is 0 Å². The van der Waals surface area contributed by atoms with E-state index in [4.69, 9.17) is 5.73 Å². The molecule has 2 nitrogen and oxygen atoms in total. The van der Waals surface area contributed by atoms with E-state index in [0.29, 0.717) is 13.0 Å². The Bertz CT molecular complexity index is 543. The third-order valence-electron chi connectivity index (χ3n) is 3.06. The first kappa shape index (κ1) is 12.5. The largest absolute Gasteiger partial charge is 0.326 e. The predicted octanol–water partition coefficient (Wildman–Crippen LogP) is 2.88. The van der Waals surface area contributed by atoms with E-state index in [1.807, 2.05) is 55.5 Å². The van der Waals surface area contributed by atoms with Crippen LogP contribution >= 0.6 is 0 Å². The molecular formula is C16H17NO. The summed E-state index contributed by atoms with van der Waals surface area (Å²) < 4.78 is 0. The Hall–Kier alpha value is -1.93. The molecule has 2 heteroatoms. The number of hydrogen-bond acceptors (Lipinski definition) is 2. The molecular weight excluding hydrogens is 222 g/mol. The Morgan fingerprint density at radius 1 is 1.00 bits per heavy atom. The number of nitrogens with two attached hydrogens (primary N) is 1. The molecule has 0 bridgehead atoms. The van der Waals surface area contributed by atoms with Gasteiger partial charge in [-0.1, -0.05) is 54.1 Å². The number of rotatable bonds is 4. The van der Waals surface area contributed by atoms with Crippen molar-refractivity contribution in [3.63, 3.8) is 0 Å². The van der Waals surface area contributed by atoms with Gasteiger partial charge in [-0.05, 0) is 18.1 Å². The minimum Gasteiger partial charge on any atom is -0.326 e. The lowest BCUT2D eigenvalue weighted by Gasteiger charge is -2.07. The van der Waals surface area contributed by atoms with Gasteiger partial charge in [0.25, 0.3) is 0 Å². The highest BCUT2D eigenvalue weighted by molar-refractivity contribution is 5.97. The molecule has 18 heavy (non-hydrogen) atoms. The monoisotopic (exact) mass is 239 g/mol. The summed E-state index contributed by atoms with van der Waals surface area (Å²) in [6.07, 6.45) is 0.413. The van der Waals surface area contributed by atoms with Crippen LogP contribution in [0.3, 0.4) is 0 Å². The number of hydrogen-bond donors (Lipinski definition) is 1. The molecule has 0 radical (unpaired) electrons. The predicted molar refractivity (Wildman–Crippen MR) is 73.5 cm³/mol. The van der Waals surface area contributed by atoms with Crippen LogP contribution in [0.25, 0.3) is 0 Å². The summed E-state index contributed by atoms with van der Waals surface area (Å²) in [6, 6.07) is 15.5. The molecule has 0 aliphatic rings. The Morgan fingerprint density at radius 3 is 2.22 bits per heavy atom. The summed E-state index contributed by atoms with van der Waals surface area (Å²) in [5.41, 5.74) is 9.65. The van der Waals surface area contributed by atoms with Crippen molar-refractivity contribution in [2.45, 2.75) is 19.9 Å². The zero-order chi connectivity index (χ0) is 13.0. The number of carbonyl (C=O) groups is 1. The molecule has 0 aliphatic carbocycles. The quantitative estimate of drug-likeness (QED) is 0.834. The Balaban J connectivity index is 2.18. The van der Waals surface area contributed by atoms with Crippen LogP contribution in [0.5, 0.6) is 0 Å². The zero-order valence-electron chi connectivity index (χ0n) is 10.5. The maximum absolute atomic E-state index is 12.2. The molecule has 2 aromatic rings. The van der Waals surface area contributed by atoms with Crippen molar-refractivity contribution in [1.29, 1.82) is 0 Å². The molecule has 0 amide bonds. The van der Waals surface area contributed by atoms with E-state index in [2.05, 4.69) is 0 Å². The summed E-state index contributed by atoms with van der Waals surface area (Å²) in [4.78, 5) is 12.2. The summed E-state index contributed by atoms with van der Waals surface area (Å²) >= 11 is 0. The molecule has 0 saturated heterocycles. The van der Waals surface area contributed by atoms with Crippen LogP contribution < -0.4 is 5.73 Å². The maximum atomic E-state index is 12.2. The van der Waals surface area contributed by atoms with Gasteiger partial charge < -0.3 is 5.73 Å². The molecule has 92 valence electrons. The van der Waals surface area contributed by atoms with E-state index < -0.39 is 0 Å². The fraction of sp³-hybridized carbons (Fsp3) is 0.188. The van der Waals surface area contributed by atoms with E-state index in [1.54, 1.807) is 0 Å². The van der Waals surface area contributed by atoms with Gasteiger partial charge in [0.2, 0.25) is 0 Å². The van der Waals surface area contributed by atoms with Crippen LogP contribution in [-0.2, 0) is 13.0 Å². The minimum absolute atomic E-state index is 0.135. The number of aryl methyl sites for hydroxylation is 1. The van der Waals surface area contributed by atoms with Crippen LogP contribution in [0.15, 0.2) is 48.5 Å². The molecule has 0 saturated carbocycles. The molecule has 2 aromatic carbocycles. The third kappa shape index (κ3) is 2.84. The van der Waals surface area contributed by atoms with Gasteiger partial charge in [0.1, 0.15) is 0 Å². The van der Waals surface area contributed by atoms with Crippen molar-refractivity contribution in [2.24, 2.45) is 5.73 Å². The van der Waals surface area contributed by atoms with Gasteiger partial charge in [-0.2, -0.15) is 0 Å². The molecule has 0 spiro atoms. The topological polar surface area (TPSA) is 43.1 Å². The second kappa shape index (κ2) is 5.61. The first-order chi connectivity index (χ1) is 8.70. The van der Waals surface area contributed by atoms with Crippen LogP contribution in [0, 0.1) is 6.92 Å². The summed E-state index contributed by atoms with van der Waals surface area (Å²) in [5.74, 6) is 0.135. The van der Waals surface area contributed by atoms with Gasteiger partial charge in [-0.25, -0.2) is 0 Å². The average Bonchev–Trinajstić information content (AvgIpc) is 2.40.